The van der Waals surface area contributed by atoms with Crippen molar-refractivity contribution >= 4 is 27.3 Å². The van der Waals surface area contributed by atoms with Crippen LogP contribution in [0.4, 0.5) is 0 Å². The molecule has 0 spiro atoms. The van der Waals surface area contributed by atoms with E-state index >= 15 is 0 Å². The molecular formula is C15H23N3O3S2. The van der Waals surface area contributed by atoms with Gasteiger partial charge in [0.1, 0.15) is 4.21 Å². The molecular weight excluding hydrogens is 334 g/mol. The summed E-state index contributed by atoms with van der Waals surface area (Å²) >= 11 is 1.30. The summed E-state index contributed by atoms with van der Waals surface area (Å²) in [6.07, 6.45) is 2.69. The van der Waals surface area contributed by atoms with Crippen molar-refractivity contribution in [2.75, 3.05) is 19.6 Å². The standard InChI is InChI=1S/C15H23N3O3S2/c1-10(19)17-7-6-12-3-5-15(22-12)23(20,21)18-8-11-2-4-14(16)13(11)9-18/h3,5,11,13-14H,2,4,6-9,16H2,1H3,(H,17,19). The fourth-order valence-electron chi connectivity index (χ4n) is 3.58. The fourth-order valence-corrected chi connectivity index (χ4v) is 6.63. The van der Waals surface area contributed by atoms with E-state index in [1.807, 2.05) is 6.07 Å². The van der Waals surface area contributed by atoms with E-state index in [4.69, 9.17) is 5.73 Å². The lowest BCUT2D eigenvalue weighted by molar-refractivity contribution is -0.118. The highest BCUT2D eigenvalue weighted by Crippen LogP contribution is 2.40. The van der Waals surface area contributed by atoms with E-state index in [1.165, 1.54) is 18.3 Å². The first-order chi connectivity index (χ1) is 10.9. The topological polar surface area (TPSA) is 92.5 Å². The molecule has 23 heavy (non-hydrogen) atoms. The molecule has 6 nitrogen and oxygen atoms in total. The maximum absolute atomic E-state index is 12.8. The molecule has 3 N–H and O–H groups in total. The zero-order chi connectivity index (χ0) is 16.6. The summed E-state index contributed by atoms with van der Waals surface area (Å²) in [5.74, 6) is 0.650. The van der Waals surface area contributed by atoms with Gasteiger partial charge in [-0.3, -0.25) is 4.79 Å². The minimum atomic E-state index is -3.42. The number of sulfonamides is 1. The second kappa shape index (κ2) is 6.51. The molecule has 1 aromatic rings. The van der Waals surface area contributed by atoms with Gasteiger partial charge in [-0.05, 0) is 43.2 Å². The Morgan fingerprint density at radius 2 is 2.17 bits per heavy atom. The minimum Gasteiger partial charge on any atom is -0.356 e. The van der Waals surface area contributed by atoms with E-state index in [2.05, 4.69) is 5.32 Å². The molecule has 3 rings (SSSR count). The normalized spacial score (nSPS) is 28.0. The Morgan fingerprint density at radius 1 is 1.39 bits per heavy atom. The Morgan fingerprint density at radius 3 is 2.87 bits per heavy atom. The number of amides is 1. The van der Waals surface area contributed by atoms with Crippen LogP contribution in [-0.4, -0.2) is 44.3 Å². The summed E-state index contributed by atoms with van der Waals surface area (Å²) < 4.78 is 27.6. The first kappa shape index (κ1) is 16.9. The van der Waals surface area contributed by atoms with Crippen LogP contribution < -0.4 is 11.1 Å². The Kier molecular flexibility index (Phi) is 4.78. The van der Waals surface area contributed by atoms with E-state index in [0.717, 1.165) is 17.7 Å². The van der Waals surface area contributed by atoms with Crippen molar-refractivity contribution in [1.29, 1.82) is 0 Å². The van der Waals surface area contributed by atoms with Crippen LogP contribution in [0.5, 0.6) is 0 Å². The molecule has 128 valence electrons. The monoisotopic (exact) mass is 357 g/mol. The smallest absolute Gasteiger partial charge is 0.252 e. The first-order valence-corrected chi connectivity index (χ1v) is 10.2. The van der Waals surface area contributed by atoms with E-state index < -0.39 is 10.0 Å². The highest BCUT2D eigenvalue weighted by atomic mass is 32.2. The Labute approximate surface area is 141 Å². The number of nitrogens with zero attached hydrogens (tertiary/aromatic N) is 1. The van der Waals surface area contributed by atoms with Crippen molar-refractivity contribution in [3.05, 3.63) is 17.0 Å². The second-order valence-electron chi connectivity index (χ2n) is 6.44. The maximum Gasteiger partial charge on any atom is 0.252 e. The van der Waals surface area contributed by atoms with Crippen molar-refractivity contribution in [3.63, 3.8) is 0 Å². The lowest BCUT2D eigenvalue weighted by Crippen LogP contribution is -2.33. The van der Waals surface area contributed by atoms with Gasteiger partial charge in [0.2, 0.25) is 5.91 Å². The van der Waals surface area contributed by atoms with Gasteiger partial charge in [0.15, 0.2) is 0 Å². The third-order valence-corrected chi connectivity index (χ3v) is 8.30. The highest BCUT2D eigenvalue weighted by Gasteiger charge is 2.45. The third-order valence-electron chi connectivity index (χ3n) is 4.86. The van der Waals surface area contributed by atoms with Crippen molar-refractivity contribution < 1.29 is 13.2 Å². The maximum atomic E-state index is 12.8. The van der Waals surface area contributed by atoms with Crippen molar-refractivity contribution in [3.8, 4) is 0 Å². The van der Waals surface area contributed by atoms with Gasteiger partial charge in [-0.25, -0.2) is 8.42 Å². The third kappa shape index (κ3) is 3.45. The molecule has 2 fully saturated rings. The van der Waals surface area contributed by atoms with Gasteiger partial charge in [-0.2, -0.15) is 4.31 Å². The summed E-state index contributed by atoms with van der Waals surface area (Å²) in [6.45, 7) is 3.14. The van der Waals surface area contributed by atoms with Gasteiger partial charge in [0.25, 0.3) is 10.0 Å². The number of carbonyl (C=O) groups is 1. The zero-order valence-electron chi connectivity index (χ0n) is 13.2. The molecule has 8 heteroatoms. The van der Waals surface area contributed by atoms with Crippen LogP contribution in [0.3, 0.4) is 0 Å². The fraction of sp³-hybridized carbons (Fsp3) is 0.667. The number of hydrogen-bond donors (Lipinski definition) is 2. The van der Waals surface area contributed by atoms with Crippen LogP contribution in [0, 0.1) is 11.8 Å². The molecule has 2 aliphatic rings. The molecule has 1 aliphatic carbocycles. The van der Waals surface area contributed by atoms with Gasteiger partial charge >= 0.3 is 0 Å². The molecule has 3 atom stereocenters. The quantitative estimate of drug-likeness (QED) is 0.815. The van der Waals surface area contributed by atoms with Gasteiger partial charge in [-0.1, -0.05) is 0 Å². The number of thiophene rings is 1. The van der Waals surface area contributed by atoms with Gasteiger partial charge < -0.3 is 11.1 Å². The minimum absolute atomic E-state index is 0.0747. The molecule has 1 aromatic heterocycles. The van der Waals surface area contributed by atoms with Crippen molar-refractivity contribution in [2.24, 2.45) is 17.6 Å². The van der Waals surface area contributed by atoms with Crippen molar-refractivity contribution in [1.82, 2.24) is 9.62 Å². The predicted molar refractivity (Wildman–Crippen MR) is 89.7 cm³/mol. The Hall–Kier alpha value is -0.960. The molecule has 2 heterocycles. The van der Waals surface area contributed by atoms with E-state index in [0.29, 0.717) is 42.1 Å². The molecule has 0 bridgehead atoms. The van der Waals surface area contributed by atoms with E-state index in [-0.39, 0.29) is 11.9 Å². The number of hydrogen-bond acceptors (Lipinski definition) is 5. The average molecular weight is 358 g/mol. The Balaban J connectivity index is 1.66. The second-order valence-corrected chi connectivity index (χ2v) is 9.77. The predicted octanol–water partition coefficient (Wildman–Crippen LogP) is 0.785. The molecule has 1 aliphatic heterocycles. The van der Waals surface area contributed by atoms with Crippen LogP contribution in [0.1, 0.15) is 24.6 Å². The molecule has 3 unspecified atom stereocenters. The van der Waals surface area contributed by atoms with Crippen molar-refractivity contribution in [2.45, 2.75) is 36.4 Å². The summed E-state index contributed by atoms with van der Waals surface area (Å²) in [5.41, 5.74) is 6.09. The van der Waals surface area contributed by atoms with E-state index in [9.17, 15) is 13.2 Å². The van der Waals surface area contributed by atoms with Crippen LogP contribution in [-0.2, 0) is 21.2 Å². The molecule has 1 saturated heterocycles. The molecule has 0 radical (unpaired) electrons. The number of nitrogens with one attached hydrogen (secondary N) is 1. The number of carbonyl (C=O) groups excluding carboxylic acids is 1. The number of fused-ring (bicyclic) bond motifs is 1. The van der Waals surface area contributed by atoms with Gasteiger partial charge in [-0.15, -0.1) is 11.3 Å². The van der Waals surface area contributed by atoms with Gasteiger partial charge in [0, 0.05) is 37.5 Å². The summed E-state index contributed by atoms with van der Waals surface area (Å²) in [7, 11) is -3.42. The molecule has 1 amide bonds. The SMILES string of the molecule is CC(=O)NCCc1ccc(S(=O)(=O)N2CC3CCC(N)C3C2)s1. The van der Waals surface area contributed by atoms with Crippen LogP contribution >= 0.6 is 11.3 Å². The van der Waals surface area contributed by atoms with Crippen LogP contribution in [0.2, 0.25) is 0 Å². The average Bonchev–Trinajstić information content (AvgIpc) is 3.16. The van der Waals surface area contributed by atoms with Crippen LogP contribution in [0.15, 0.2) is 16.3 Å². The van der Waals surface area contributed by atoms with E-state index in [1.54, 1.807) is 10.4 Å². The summed E-state index contributed by atoms with van der Waals surface area (Å²) in [4.78, 5) is 11.8. The lowest BCUT2D eigenvalue weighted by atomic mass is 9.98. The number of nitrogens with two attached hydrogens (primary N) is 1. The van der Waals surface area contributed by atoms with Crippen LogP contribution in [0.25, 0.3) is 0 Å². The molecule has 0 aromatic carbocycles. The lowest BCUT2D eigenvalue weighted by Gasteiger charge is -2.17. The number of rotatable bonds is 5. The molecule has 1 saturated carbocycles. The zero-order valence-corrected chi connectivity index (χ0v) is 14.8. The van der Waals surface area contributed by atoms with Gasteiger partial charge in [0.05, 0.1) is 0 Å². The summed E-state index contributed by atoms with van der Waals surface area (Å²) in [5, 5.41) is 2.72. The Bertz CT molecular complexity index is 686. The largest absolute Gasteiger partial charge is 0.356 e. The summed E-state index contributed by atoms with van der Waals surface area (Å²) in [6, 6.07) is 3.65. The highest BCUT2D eigenvalue weighted by molar-refractivity contribution is 7.91. The first-order valence-electron chi connectivity index (χ1n) is 7.97.